The van der Waals surface area contributed by atoms with Crippen molar-refractivity contribution in [2.24, 2.45) is 11.8 Å². The van der Waals surface area contributed by atoms with Crippen LogP contribution in [0.4, 0.5) is 0 Å². The predicted molar refractivity (Wildman–Crippen MR) is 49.2 cm³/mol. The minimum absolute atomic E-state index is 0.161. The highest BCUT2D eigenvalue weighted by Crippen LogP contribution is 2.32. The van der Waals surface area contributed by atoms with Crippen molar-refractivity contribution in [3.63, 3.8) is 0 Å². The highest BCUT2D eigenvalue weighted by atomic mass is 32.2. The molecular weight excluding hydrogens is 206 g/mol. The normalized spacial score (nSPS) is 31.9. The van der Waals surface area contributed by atoms with Gasteiger partial charge in [-0.05, 0) is 18.8 Å². The van der Waals surface area contributed by atoms with E-state index in [2.05, 4.69) is 0 Å². The van der Waals surface area contributed by atoms with Gasteiger partial charge in [-0.25, -0.2) is 12.7 Å². The molecule has 5 nitrogen and oxygen atoms in total. The third kappa shape index (κ3) is 1.90. The first-order chi connectivity index (χ1) is 6.49. The van der Waals surface area contributed by atoms with Gasteiger partial charge in [0, 0.05) is 13.1 Å². The van der Waals surface area contributed by atoms with E-state index in [0.717, 1.165) is 12.8 Å². The van der Waals surface area contributed by atoms with Crippen LogP contribution in [0.25, 0.3) is 0 Å². The Balaban J connectivity index is 2.06. The van der Waals surface area contributed by atoms with Gasteiger partial charge in [0.2, 0.25) is 10.0 Å². The first-order valence-electron chi connectivity index (χ1n) is 4.69. The summed E-state index contributed by atoms with van der Waals surface area (Å²) in [6, 6.07) is 0. The van der Waals surface area contributed by atoms with Gasteiger partial charge in [0.1, 0.15) is 0 Å². The van der Waals surface area contributed by atoms with E-state index in [4.69, 9.17) is 5.11 Å². The summed E-state index contributed by atoms with van der Waals surface area (Å²) in [5.41, 5.74) is 0. The van der Waals surface area contributed by atoms with Gasteiger partial charge in [-0.15, -0.1) is 0 Å². The maximum absolute atomic E-state index is 11.5. The number of rotatable bonds is 3. The van der Waals surface area contributed by atoms with E-state index in [0.29, 0.717) is 12.5 Å². The monoisotopic (exact) mass is 219 g/mol. The lowest BCUT2D eigenvalue weighted by atomic mass is 10.2. The molecule has 1 saturated heterocycles. The Hall–Kier alpha value is -0.620. The van der Waals surface area contributed by atoms with Crippen LogP contribution < -0.4 is 0 Å². The Labute approximate surface area is 82.8 Å². The maximum Gasteiger partial charge on any atom is 0.308 e. The first-order valence-corrected chi connectivity index (χ1v) is 6.30. The summed E-state index contributed by atoms with van der Waals surface area (Å²) < 4.78 is 24.3. The van der Waals surface area contributed by atoms with Crippen molar-refractivity contribution in [1.29, 1.82) is 0 Å². The van der Waals surface area contributed by atoms with Crippen LogP contribution in [-0.4, -0.2) is 42.6 Å². The minimum atomic E-state index is -3.28. The highest BCUT2D eigenvalue weighted by molar-refractivity contribution is 7.89. The predicted octanol–water partition coefficient (Wildman–Crippen LogP) is -0.257. The number of carboxylic acid groups (broad SMARTS) is 1. The molecule has 0 bridgehead atoms. The van der Waals surface area contributed by atoms with E-state index < -0.39 is 21.9 Å². The summed E-state index contributed by atoms with van der Waals surface area (Å²) in [5.74, 6) is -1.50. The fourth-order valence-electron chi connectivity index (χ4n) is 1.70. The molecule has 2 rings (SSSR count). The molecule has 1 unspecified atom stereocenters. The average Bonchev–Trinajstić information content (AvgIpc) is 2.79. The van der Waals surface area contributed by atoms with Crippen molar-refractivity contribution in [1.82, 2.24) is 4.31 Å². The molecule has 0 aromatic rings. The maximum atomic E-state index is 11.5. The molecule has 1 aliphatic carbocycles. The van der Waals surface area contributed by atoms with Gasteiger partial charge in [-0.2, -0.15) is 0 Å². The van der Waals surface area contributed by atoms with Crippen LogP contribution in [0.15, 0.2) is 0 Å². The Morgan fingerprint density at radius 2 is 2.07 bits per heavy atom. The first kappa shape index (κ1) is 9.92. The molecule has 0 spiro atoms. The van der Waals surface area contributed by atoms with Crippen LogP contribution in [0, 0.1) is 11.8 Å². The molecular formula is C8H13NO4S. The Morgan fingerprint density at radius 1 is 1.43 bits per heavy atom. The zero-order chi connectivity index (χ0) is 10.3. The van der Waals surface area contributed by atoms with Gasteiger partial charge < -0.3 is 5.11 Å². The zero-order valence-electron chi connectivity index (χ0n) is 7.72. The third-order valence-electron chi connectivity index (χ3n) is 2.74. The van der Waals surface area contributed by atoms with Gasteiger partial charge in [0.25, 0.3) is 0 Å². The van der Waals surface area contributed by atoms with Gasteiger partial charge in [-0.3, -0.25) is 4.79 Å². The molecule has 0 aromatic heterocycles. The molecule has 14 heavy (non-hydrogen) atoms. The molecule has 80 valence electrons. The molecule has 1 atom stereocenters. The summed E-state index contributed by atoms with van der Waals surface area (Å²) in [5, 5.41) is 8.72. The summed E-state index contributed by atoms with van der Waals surface area (Å²) in [6.07, 6.45) is 2.15. The van der Waals surface area contributed by atoms with Crippen LogP contribution >= 0.6 is 0 Å². The average molecular weight is 219 g/mol. The quantitative estimate of drug-likeness (QED) is 0.709. The molecule has 0 aromatic carbocycles. The van der Waals surface area contributed by atoms with Crippen molar-refractivity contribution >= 4 is 16.0 Å². The highest BCUT2D eigenvalue weighted by Gasteiger charge is 2.41. The summed E-state index contributed by atoms with van der Waals surface area (Å²) in [7, 11) is -3.28. The topological polar surface area (TPSA) is 74.7 Å². The summed E-state index contributed by atoms with van der Waals surface area (Å²) in [4.78, 5) is 10.6. The Bertz CT molecular complexity index is 346. The Morgan fingerprint density at radius 3 is 2.50 bits per heavy atom. The fourth-order valence-corrected chi connectivity index (χ4v) is 3.51. The molecule has 1 N–H and O–H groups in total. The van der Waals surface area contributed by atoms with Gasteiger partial charge in [-0.1, -0.05) is 0 Å². The molecule has 0 radical (unpaired) electrons. The van der Waals surface area contributed by atoms with E-state index >= 15 is 0 Å². The molecule has 2 fully saturated rings. The Kier molecular flexibility index (Phi) is 2.27. The van der Waals surface area contributed by atoms with Crippen molar-refractivity contribution < 1.29 is 18.3 Å². The SMILES string of the molecule is O=C(O)C1CN(CC2CC2)S(=O)(=O)C1. The second-order valence-electron chi connectivity index (χ2n) is 4.07. The number of hydrogen-bond donors (Lipinski definition) is 1. The lowest BCUT2D eigenvalue weighted by Gasteiger charge is -2.12. The van der Waals surface area contributed by atoms with Crippen LogP contribution in [-0.2, 0) is 14.8 Å². The van der Waals surface area contributed by atoms with Gasteiger partial charge in [0.05, 0.1) is 11.7 Å². The van der Waals surface area contributed by atoms with Gasteiger partial charge >= 0.3 is 5.97 Å². The van der Waals surface area contributed by atoms with E-state index in [1.165, 1.54) is 4.31 Å². The molecule has 1 heterocycles. The van der Waals surface area contributed by atoms with Crippen molar-refractivity contribution in [2.45, 2.75) is 12.8 Å². The zero-order valence-corrected chi connectivity index (χ0v) is 8.53. The number of nitrogens with zero attached hydrogens (tertiary/aromatic N) is 1. The standard InChI is InChI=1S/C8H13NO4S/c10-8(11)7-4-9(3-6-1-2-6)14(12,13)5-7/h6-7H,1-5H2,(H,10,11). The summed E-state index contributed by atoms with van der Waals surface area (Å²) in [6.45, 7) is 0.681. The molecule has 0 amide bonds. The van der Waals surface area contributed by atoms with E-state index in [-0.39, 0.29) is 12.3 Å². The second kappa shape index (κ2) is 3.20. The van der Waals surface area contributed by atoms with E-state index in [1.807, 2.05) is 0 Å². The van der Waals surface area contributed by atoms with Crippen molar-refractivity contribution in [2.75, 3.05) is 18.8 Å². The number of hydrogen-bond acceptors (Lipinski definition) is 3. The van der Waals surface area contributed by atoms with E-state index in [1.54, 1.807) is 0 Å². The van der Waals surface area contributed by atoms with E-state index in [9.17, 15) is 13.2 Å². The largest absolute Gasteiger partial charge is 0.481 e. The lowest BCUT2D eigenvalue weighted by molar-refractivity contribution is -0.140. The molecule has 6 heteroatoms. The number of aliphatic carboxylic acids is 1. The van der Waals surface area contributed by atoms with Crippen molar-refractivity contribution in [3.05, 3.63) is 0 Å². The van der Waals surface area contributed by atoms with Gasteiger partial charge in [0.15, 0.2) is 0 Å². The smallest absolute Gasteiger partial charge is 0.308 e. The third-order valence-corrected chi connectivity index (χ3v) is 4.65. The summed E-state index contributed by atoms with van der Waals surface area (Å²) >= 11 is 0. The fraction of sp³-hybridized carbons (Fsp3) is 0.875. The molecule has 1 aliphatic heterocycles. The van der Waals surface area contributed by atoms with Crippen LogP contribution in [0.1, 0.15) is 12.8 Å². The number of carbonyl (C=O) groups is 1. The molecule has 1 saturated carbocycles. The van der Waals surface area contributed by atoms with Crippen LogP contribution in [0.2, 0.25) is 0 Å². The lowest BCUT2D eigenvalue weighted by Crippen LogP contribution is -2.28. The minimum Gasteiger partial charge on any atom is -0.481 e. The van der Waals surface area contributed by atoms with Crippen LogP contribution in [0.5, 0.6) is 0 Å². The second-order valence-corrected chi connectivity index (χ2v) is 6.09. The molecule has 2 aliphatic rings. The number of sulfonamides is 1. The van der Waals surface area contributed by atoms with Crippen LogP contribution in [0.3, 0.4) is 0 Å². The number of carboxylic acids is 1. The van der Waals surface area contributed by atoms with Crippen molar-refractivity contribution in [3.8, 4) is 0 Å².